The van der Waals surface area contributed by atoms with Crippen LogP contribution in [0.25, 0.3) is 0 Å². The Morgan fingerprint density at radius 2 is 2.38 bits per heavy atom. The molecule has 0 aliphatic heterocycles. The van der Waals surface area contributed by atoms with E-state index in [9.17, 15) is 4.79 Å². The molecule has 0 fully saturated rings. The van der Waals surface area contributed by atoms with Gasteiger partial charge in [0.1, 0.15) is 6.04 Å². The summed E-state index contributed by atoms with van der Waals surface area (Å²) in [5, 5.41) is 16.3. The van der Waals surface area contributed by atoms with E-state index in [4.69, 9.17) is 10.3 Å². The van der Waals surface area contributed by atoms with Gasteiger partial charge in [-0.2, -0.15) is 5.48 Å². The molecule has 0 heterocycles. The van der Waals surface area contributed by atoms with Crippen LogP contribution in [0.15, 0.2) is 0 Å². The van der Waals surface area contributed by atoms with Crippen LogP contribution in [0.4, 0.5) is 0 Å². The third-order valence-electron chi connectivity index (χ3n) is 0.829. The second-order valence-electron chi connectivity index (χ2n) is 1.47. The molecule has 4 heteroatoms. The van der Waals surface area contributed by atoms with E-state index in [1.807, 2.05) is 0 Å². The molecule has 0 aromatic rings. The van der Waals surface area contributed by atoms with E-state index in [1.165, 1.54) is 6.92 Å². The van der Waals surface area contributed by atoms with Crippen LogP contribution in [0.1, 0.15) is 6.92 Å². The minimum Gasteiger partial charge on any atom is -0.394 e. The van der Waals surface area contributed by atoms with Gasteiger partial charge < -0.3 is 10.3 Å². The fourth-order valence-corrected chi connectivity index (χ4v) is 0.260. The van der Waals surface area contributed by atoms with Crippen molar-refractivity contribution in [2.45, 2.75) is 13.0 Å². The van der Waals surface area contributed by atoms with Crippen molar-refractivity contribution in [1.29, 1.82) is 0 Å². The van der Waals surface area contributed by atoms with Gasteiger partial charge in [0, 0.05) is 0 Å². The van der Waals surface area contributed by atoms with E-state index in [1.54, 1.807) is 5.48 Å². The van der Waals surface area contributed by atoms with E-state index in [-0.39, 0.29) is 12.4 Å². The van der Waals surface area contributed by atoms with Crippen molar-refractivity contribution >= 4 is 5.78 Å². The number of rotatable bonds is 3. The van der Waals surface area contributed by atoms with Crippen molar-refractivity contribution in [3.05, 3.63) is 0 Å². The molecule has 0 saturated carbocycles. The number of Topliss-reactive ketones (excluding diaryl/α,β-unsaturated/α-hetero) is 1. The van der Waals surface area contributed by atoms with Crippen LogP contribution in [0, 0.1) is 0 Å². The number of hydrogen-bond donors (Lipinski definition) is 3. The Bertz CT molecular complexity index is 79.4. The molecule has 0 aromatic carbocycles. The number of aliphatic hydroxyl groups is 1. The molecule has 0 radical (unpaired) electrons. The lowest BCUT2D eigenvalue weighted by Crippen LogP contribution is -2.35. The summed E-state index contributed by atoms with van der Waals surface area (Å²) in [6.45, 7) is 0.913. The Hall–Kier alpha value is -0.450. The summed E-state index contributed by atoms with van der Waals surface area (Å²) >= 11 is 0. The molecule has 4 nitrogen and oxygen atoms in total. The number of carbonyl (C=O) groups is 1. The molecule has 3 N–H and O–H groups in total. The molecule has 8 heavy (non-hydrogen) atoms. The van der Waals surface area contributed by atoms with Gasteiger partial charge in [0.2, 0.25) is 0 Å². The van der Waals surface area contributed by atoms with Crippen LogP contribution in [-0.4, -0.2) is 28.7 Å². The molecule has 0 aromatic heterocycles. The third-order valence-corrected chi connectivity index (χ3v) is 0.829. The average Bonchev–Trinajstić information content (AvgIpc) is 1.69. The standard InChI is InChI=1S/C4H9NO3/c1-3(7)4(2-6)5-8/h4-6,8H,2H2,1H3/t4-/m0/s1. The summed E-state index contributed by atoms with van der Waals surface area (Å²) in [7, 11) is 0. The Morgan fingerprint density at radius 3 is 2.38 bits per heavy atom. The lowest BCUT2D eigenvalue weighted by Gasteiger charge is -2.04. The predicted molar refractivity (Wildman–Crippen MR) is 26.5 cm³/mol. The molecule has 0 aliphatic rings. The topological polar surface area (TPSA) is 69.6 Å². The summed E-state index contributed by atoms with van der Waals surface area (Å²) in [6.07, 6.45) is 0. The predicted octanol–water partition coefficient (Wildman–Crippen LogP) is -1.08. The van der Waals surface area contributed by atoms with Crippen molar-refractivity contribution in [3.8, 4) is 0 Å². The van der Waals surface area contributed by atoms with Crippen LogP contribution in [-0.2, 0) is 4.79 Å². The van der Waals surface area contributed by atoms with Gasteiger partial charge in [-0.3, -0.25) is 4.79 Å². The zero-order valence-electron chi connectivity index (χ0n) is 4.59. The maximum Gasteiger partial charge on any atom is 0.151 e. The third kappa shape index (κ3) is 2.02. The van der Waals surface area contributed by atoms with Gasteiger partial charge in [-0.1, -0.05) is 0 Å². The number of hydrogen-bond acceptors (Lipinski definition) is 4. The Morgan fingerprint density at radius 1 is 1.88 bits per heavy atom. The van der Waals surface area contributed by atoms with Gasteiger partial charge >= 0.3 is 0 Å². The molecule has 0 spiro atoms. The van der Waals surface area contributed by atoms with Gasteiger partial charge in [0.25, 0.3) is 0 Å². The highest BCUT2D eigenvalue weighted by molar-refractivity contribution is 5.81. The van der Waals surface area contributed by atoms with Crippen LogP contribution in [0.3, 0.4) is 0 Å². The normalized spacial score (nSPS) is 13.4. The number of ketones is 1. The quantitative estimate of drug-likeness (QED) is 0.413. The molecule has 0 unspecified atom stereocenters. The summed E-state index contributed by atoms with van der Waals surface area (Å²) in [4.78, 5) is 10.2. The lowest BCUT2D eigenvalue weighted by molar-refractivity contribution is -0.122. The second kappa shape index (κ2) is 3.54. The SMILES string of the molecule is CC(=O)[C@H](CO)NO. The lowest BCUT2D eigenvalue weighted by atomic mass is 10.2. The van der Waals surface area contributed by atoms with Crippen molar-refractivity contribution in [3.63, 3.8) is 0 Å². The van der Waals surface area contributed by atoms with E-state index in [2.05, 4.69) is 0 Å². The van der Waals surface area contributed by atoms with Crippen LogP contribution in [0.2, 0.25) is 0 Å². The van der Waals surface area contributed by atoms with E-state index >= 15 is 0 Å². The number of nitrogens with one attached hydrogen (secondary N) is 1. The van der Waals surface area contributed by atoms with Gasteiger partial charge in [-0.25, -0.2) is 0 Å². The minimum atomic E-state index is -0.824. The van der Waals surface area contributed by atoms with Crippen LogP contribution < -0.4 is 5.48 Å². The molecule has 0 aliphatic carbocycles. The number of carbonyl (C=O) groups excluding carboxylic acids is 1. The zero-order valence-corrected chi connectivity index (χ0v) is 4.59. The summed E-state index contributed by atoms with van der Waals surface area (Å²) in [6, 6.07) is -0.824. The van der Waals surface area contributed by atoms with Gasteiger partial charge in [0.15, 0.2) is 5.78 Å². The molecular formula is C4H9NO3. The Labute approximate surface area is 47.1 Å². The number of aliphatic hydroxyl groups excluding tert-OH is 1. The fraction of sp³-hybridized carbons (Fsp3) is 0.750. The second-order valence-corrected chi connectivity index (χ2v) is 1.47. The highest BCUT2D eigenvalue weighted by Crippen LogP contribution is 1.79. The largest absolute Gasteiger partial charge is 0.394 e. The molecular weight excluding hydrogens is 110 g/mol. The molecule has 48 valence electrons. The van der Waals surface area contributed by atoms with Crippen molar-refractivity contribution in [1.82, 2.24) is 5.48 Å². The molecule has 0 amide bonds. The minimum absolute atomic E-state index is 0.282. The molecule has 0 rings (SSSR count). The van der Waals surface area contributed by atoms with E-state index in [0.29, 0.717) is 0 Å². The van der Waals surface area contributed by atoms with Crippen molar-refractivity contribution in [2.75, 3.05) is 6.61 Å². The van der Waals surface area contributed by atoms with Crippen molar-refractivity contribution < 1.29 is 15.1 Å². The smallest absolute Gasteiger partial charge is 0.151 e. The molecule has 1 atom stereocenters. The number of hydroxylamine groups is 1. The first kappa shape index (κ1) is 7.55. The van der Waals surface area contributed by atoms with Crippen LogP contribution >= 0.6 is 0 Å². The Kier molecular flexibility index (Phi) is 3.34. The fourth-order valence-electron chi connectivity index (χ4n) is 0.260. The molecule has 0 saturated heterocycles. The van der Waals surface area contributed by atoms with Crippen LogP contribution in [0.5, 0.6) is 0 Å². The first-order valence-corrected chi connectivity index (χ1v) is 2.23. The summed E-state index contributed by atoms with van der Waals surface area (Å²) < 4.78 is 0. The van der Waals surface area contributed by atoms with E-state index < -0.39 is 6.04 Å². The van der Waals surface area contributed by atoms with E-state index in [0.717, 1.165) is 0 Å². The highest BCUT2D eigenvalue weighted by atomic mass is 16.5. The molecule has 0 bridgehead atoms. The average molecular weight is 119 g/mol. The first-order chi connectivity index (χ1) is 3.72. The maximum absolute atomic E-state index is 10.2. The first-order valence-electron chi connectivity index (χ1n) is 2.23. The summed E-state index contributed by atoms with van der Waals surface area (Å²) in [5.74, 6) is -0.282. The van der Waals surface area contributed by atoms with Crippen molar-refractivity contribution in [2.24, 2.45) is 0 Å². The van der Waals surface area contributed by atoms with Gasteiger partial charge in [-0.05, 0) is 6.92 Å². The Balaban J connectivity index is 3.52. The van der Waals surface area contributed by atoms with Gasteiger partial charge in [0.05, 0.1) is 6.61 Å². The summed E-state index contributed by atoms with van der Waals surface area (Å²) in [5.41, 5.74) is 1.65. The maximum atomic E-state index is 10.2. The zero-order chi connectivity index (χ0) is 6.57. The van der Waals surface area contributed by atoms with Gasteiger partial charge in [-0.15, -0.1) is 0 Å². The highest BCUT2D eigenvalue weighted by Gasteiger charge is 2.08. The monoisotopic (exact) mass is 119 g/mol.